The molecule has 1 atom stereocenters. The molecule has 104 valence electrons. The van der Waals surface area contributed by atoms with Crippen LogP contribution in [0.2, 0.25) is 0 Å². The number of aliphatic carboxylic acids is 1. The van der Waals surface area contributed by atoms with Crippen LogP contribution in [0.1, 0.15) is 33.6 Å². The molecule has 0 radical (unpaired) electrons. The maximum Gasteiger partial charge on any atom is 0.337 e. The Balaban J connectivity index is 2.49. The molecule has 3 N–H and O–H groups in total. The molecule has 0 aromatic rings. The van der Waals surface area contributed by atoms with Crippen molar-refractivity contribution in [1.82, 2.24) is 10.2 Å². The number of nitrogens with one attached hydrogen (secondary N) is 1. The fraction of sp³-hybridized carbons (Fsp3) is 0.833. The first-order chi connectivity index (χ1) is 8.24. The Labute approximate surface area is 107 Å². The largest absolute Gasteiger partial charge is 0.479 e. The molecule has 0 heterocycles. The minimum absolute atomic E-state index is 0.266. The van der Waals surface area contributed by atoms with Crippen molar-refractivity contribution in [1.29, 1.82) is 0 Å². The smallest absolute Gasteiger partial charge is 0.337 e. The second-order valence-corrected chi connectivity index (χ2v) is 5.52. The summed E-state index contributed by atoms with van der Waals surface area (Å²) in [6.07, 6.45) is 1.99. The number of urea groups is 1. The number of carboxylic acid groups (broad SMARTS) is 1. The number of aliphatic hydroxyl groups is 1. The molecule has 6 heteroatoms. The predicted molar refractivity (Wildman–Crippen MR) is 66.2 cm³/mol. The molecule has 0 aromatic heterocycles. The summed E-state index contributed by atoms with van der Waals surface area (Å²) >= 11 is 0. The van der Waals surface area contributed by atoms with Gasteiger partial charge in [-0.05, 0) is 25.7 Å². The van der Waals surface area contributed by atoms with Gasteiger partial charge in [-0.15, -0.1) is 0 Å². The van der Waals surface area contributed by atoms with E-state index in [1.807, 2.05) is 13.8 Å². The Morgan fingerprint density at radius 1 is 1.44 bits per heavy atom. The molecule has 0 bridgehead atoms. The van der Waals surface area contributed by atoms with Gasteiger partial charge in [0.05, 0.1) is 6.54 Å². The summed E-state index contributed by atoms with van der Waals surface area (Å²) in [7, 11) is 0. The van der Waals surface area contributed by atoms with Gasteiger partial charge in [-0.2, -0.15) is 0 Å². The number of carbonyl (C=O) groups is 2. The normalized spacial score (nSPS) is 18.3. The zero-order chi connectivity index (χ0) is 13.9. The van der Waals surface area contributed by atoms with Crippen LogP contribution < -0.4 is 5.32 Å². The first-order valence-corrected chi connectivity index (χ1v) is 6.24. The van der Waals surface area contributed by atoms with Crippen LogP contribution in [0.25, 0.3) is 0 Å². The molecule has 6 nitrogen and oxygen atoms in total. The topological polar surface area (TPSA) is 89.9 Å². The van der Waals surface area contributed by atoms with Crippen molar-refractivity contribution in [3.63, 3.8) is 0 Å². The van der Waals surface area contributed by atoms with Gasteiger partial charge in [0.15, 0.2) is 5.60 Å². The Kier molecular flexibility index (Phi) is 4.56. The lowest BCUT2D eigenvalue weighted by Gasteiger charge is -2.26. The zero-order valence-electron chi connectivity index (χ0n) is 11.1. The highest BCUT2D eigenvalue weighted by molar-refractivity contribution is 5.79. The maximum absolute atomic E-state index is 11.9. The highest BCUT2D eigenvalue weighted by Gasteiger charge is 2.35. The molecule has 1 aliphatic rings. The van der Waals surface area contributed by atoms with Gasteiger partial charge >= 0.3 is 12.0 Å². The standard InChI is InChI=1S/C12H22N2O4/c1-8(2)6-14(9-4-5-9)11(17)13-7-12(3,18)10(15)16/h8-9,18H,4-7H2,1-3H3,(H,13,17)(H,15,16). The second-order valence-electron chi connectivity index (χ2n) is 5.52. The minimum Gasteiger partial charge on any atom is -0.479 e. The van der Waals surface area contributed by atoms with Crippen molar-refractivity contribution >= 4 is 12.0 Å². The number of hydrogen-bond donors (Lipinski definition) is 3. The summed E-state index contributed by atoms with van der Waals surface area (Å²) in [5.41, 5.74) is -1.93. The third-order valence-electron chi connectivity index (χ3n) is 2.85. The molecule has 18 heavy (non-hydrogen) atoms. The molecule has 0 aliphatic heterocycles. The number of carboxylic acids is 1. The first-order valence-electron chi connectivity index (χ1n) is 6.24. The molecule has 0 saturated heterocycles. The molecule has 0 spiro atoms. The summed E-state index contributed by atoms with van der Waals surface area (Å²) in [6.45, 7) is 5.57. The van der Waals surface area contributed by atoms with E-state index in [9.17, 15) is 14.7 Å². The molecular formula is C12H22N2O4. The lowest BCUT2D eigenvalue weighted by atomic mass is 10.1. The number of nitrogens with zero attached hydrogens (tertiary/aromatic N) is 1. The summed E-state index contributed by atoms with van der Waals surface area (Å²) in [5, 5.41) is 20.8. The minimum atomic E-state index is -1.93. The highest BCUT2D eigenvalue weighted by atomic mass is 16.4. The van der Waals surface area contributed by atoms with Crippen LogP contribution in [-0.4, -0.2) is 51.8 Å². The predicted octanol–water partition coefficient (Wildman–Crippen LogP) is 0.652. The number of carbonyl (C=O) groups excluding carboxylic acids is 1. The second kappa shape index (κ2) is 5.56. The van der Waals surface area contributed by atoms with E-state index >= 15 is 0 Å². The van der Waals surface area contributed by atoms with E-state index in [4.69, 9.17) is 5.11 Å². The third-order valence-corrected chi connectivity index (χ3v) is 2.85. The van der Waals surface area contributed by atoms with Gasteiger partial charge in [0.1, 0.15) is 0 Å². The fourth-order valence-electron chi connectivity index (χ4n) is 1.60. The van der Waals surface area contributed by atoms with Gasteiger partial charge < -0.3 is 20.4 Å². The van der Waals surface area contributed by atoms with Crippen molar-refractivity contribution in [2.45, 2.75) is 45.3 Å². The number of rotatable bonds is 6. The summed E-state index contributed by atoms with van der Waals surface area (Å²) in [4.78, 5) is 24.4. The van der Waals surface area contributed by atoms with E-state index in [1.54, 1.807) is 4.90 Å². The van der Waals surface area contributed by atoms with Gasteiger partial charge in [-0.1, -0.05) is 13.8 Å². The van der Waals surface area contributed by atoms with Crippen LogP contribution in [0, 0.1) is 5.92 Å². The molecule has 1 rings (SSSR count). The van der Waals surface area contributed by atoms with Crippen molar-refractivity contribution in [2.75, 3.05) is 13.1 Å². The maximum atomic E-state index is 11.9. The van der Waals surface area contributed by atoms with Crippen LogP contribution >= 0.6 is 0 Å². The van der Waals surface area contributed by atoms with Crippen molar-refractivity contribution < 1.29 is 19.8 Å². The molecule has 1 aliphatic carbocycles. The average Bonchev–Trinajstić information content (AvgIpc) is 3.06. The van der Waals surface area contributed by atoms with Crippen LogP contribution in [-0.2, 0) is 4.79 Å². The number of hydrogen-bond acceptors (Lipinski definition) is 3. The Morgan fingerprint density at radius 2 is 2.00 bits per heavy atom. The first kappa shape index (κ1) is 14.8. The monoisotopic (exact) mass is 258 g/mol. The van der Waals surface area contributed by atoms with E-state index in [0.29, 0.717) is 12.5 Å². The van der Waals surface area contributed by atoms with E-state index in [1.165, 1.54) is 6.92 Å². The van der Waals surface area contributed by atoms with Crippen LogP contribution in [0.3, 0.4) is 0 Å². The Hall–Kier alpha value is -1.30. The van der Waals surface area contributed by atoms with Crippen LogP contribution in [0.15, 0.2) is 0 Å². The van der Waals surface area contributed by atoms with Gasteiger partial charge in [0.25, 0.3) is 0 Å². The third kappa shape index (κ3) is 4.18. The summed E-state index contributed by atoms with van der Waals surface area (Å²) in [6, 6.07) is -0.0325. The molecule has 1 saturated carbocycles. The lowest BCUT2D eigenvalue weighted by Crippen LogP contribution is -2.51. The molecule has 2 amide bonds. The average molecular weight is 258 g/mol. The van der Waals surface area contributed by atoms with Crippen LogP contribution in [0.5, 0.6) is 0 Å². The summed E-state index contributed by atoms with van der Waals surface area (Å²) in [5.74, 6) is -0.985. The molecule has 0 aromatic carbocycles. The van der Waals surface area contributed by atoms with Crippen LogP contribution in [0.4, 0.5) is 4.79 Å². The molecule has 1 unspecified atom stereocenters. The lowest BCUT2D eigenvalue weighted by molar-refractivity contribution is -0.155. The summed E-state index contributed by atoms with van der Waals surface area (Å²) < 4.78 is 0. The SMILES string of the molecule is CC(C)CN(C(=O)NCC(C)(O)C(=O)O)C1CC1. The van der Waals surface area contributed by atoms with E-state index in [2.05, 4.69) is 5.32 Å². The van der Waals surface area contributed by atoms with Gasteiger partial charge in [0, 0.05) is 12.6 Å². The van der Waals surface area contributed by atoms with Crippen molar-refractivity contribution in [3.8, 4) is 0 Å². The quantitative estimate of drug-likeness (QED) is 0.652. The molecule has 1 fully saturated rings. The van der Waals surface area contributed by atoms with Crippen molar-refractivity contribution in [3.05, 3.63) is 0 Å². The van der Waals surface area contributed by atoms with E-state index in [0.717, 1.165) is 12.8 Å². The Bertz CT molecular complexity index is 324. The number of amides is 2. The fourth-order valence-corrected chi connectivity index (χ4v) is 1.60. The zero-order valence-corrected chi connectivity index (χ0v) is 11.1. The Morgan fingerprint density at radius 3 is 2.39 bits per heavy atom. The van der Waals surface area contributed by atoms with Gasteiger partial charge in [0.2, 0.25) is 0 Å². The van der Waals surface area contributed by atoms with E-state index in [-0.39, 0.29) is 18.6 Å². The van der Waals surface area contributed by atoms with Crippen molar-refractivity contribution in [2.24, 2.45) is 5.92 Å². The van der Waals surface area contributed by atoms with Gasteiger partial charge in [-0.3, -0.25) is 0 Å². The van der Waals surface area contributed by atoms with E-state index < -0.39 is 11.6 Å². The van der Waals surface area contributed by atoms with Gasteiger partial charge in [-0.25, -0.2) is 9.59 Å². The highest BCUT2D eigenvalue weighted by Crippen LogP contribution is 2.27. The molecular weight excluding hydrogens is 236 g/mol.